The van der Waals surface area contributed by atoms with E-state index in [9.17, 15) is 4.79 Å². The van der Waals surface area contributed by atoms with Crippen molar-refractivity contribution in [2.45, 2.75) is 34.1 Å². The first kappa shape index (κ1) is 25.7. The number of fused-ring (bicyclic) bond motifs is 2. The fraction of sp³-hybridized carbons (Fsp3) is 0.375. The maximum Gasteiger partial charge on any atom is 0.339 e. The Morgan fingerprint density at radius 1 is 1.11 bits per heavy atom. The predicted octanol–water partition coefficient (Wildman–Crippen LogP) is 6.20. The van der Waals surface area contributed by atoms with E-state index in [0.29, 0.717) is 11.5 Å². The molecule has 0 bridgehead atoms. The molecular formula is C32H39N2O2+. The standard InChI is InChI=1S/C32H39N2O2/c1-6-19-36-32(35)30-14-12-11-13-29(30)31-27-17-15-25(33(7-2)8-3)21-23(27)20-24-22-26(16-18-28(24)31)34(9-4)10-5/h6,11-18,21-23,27H,1,7-10,19-20H2,2-5H3/q+1. The number of hydrogen-bond acceptors (Lipinski definition) is 3. The molecule has 0 aliphatic heterocycles. The lowest BCUT2D eigenvalue weighted by atomic mass is 9.67. The van der Waals surface area contributed by atoms with Crippen LogP contribution in [0.15, 0.2) is 90.2 Å². The Kier molecular flexibility index (Phi) is 8.25. The van der Waals surface area contributed by atoms with Crippen molar-refractivity contribution in [1.82, 2.24) is 4.90 Å². The topological polar surface area (TPSA) is 32.6 Å². The molecule has 4 nitrogen and oxygen atoms in total. The second kappa shape index (κ2) is 11.6. The fourth-order valence-corrected chi connectivity index (χ4v) is 5.68. The van der Waals surface area contributed by atoms with Gasteiger partial charge in [0, 0.05) is 36.9 Å². The van der Waals surface area contributed by atoms with Crippen LogP contribution >= 0.6 is 0 Å². The molecule has 3 aliphatic rings. The van der Waals surface area contributed by atoms with Crippen molar-refractivity contribution in [3.8, 4) is 0 Å². The molecule has 4 rings (SSSR count). The van der Waals surface area contributed by atoms with Crippen molar-refractivity contribution in [2.75, 3.05) is 32.8 Å². The van der Waals surface area contributed by atoms with E-state index in [-0.39, 0.29) is 18.5 Å². The first-order valence-corrected chi connectivity index (χ1v) is 13.3. The van der Waals surface area contributed by atoms with Crippen molar-refractivity contribution in [3.63, 3.8) is 0 Å². The van der Waals surface area contributed by atoms with Crippen molar-refractivity contribution in [1.29, 1.82) is 0 Å². The van der Waals surface area contributed by atoms with E-state index in [0.717, 1.165) is 38.2 Å². The van der Waals surface area contributed by atoms with Crippen LogP contribution in [0, 0.1) is 11.8 Å². The number of rotatable bonds is 9. The average Bonchev–Trinajstić information content (AvgIpc) is 2.91. The monoisotopic (exact) mass is 483 g/mol. The molecule has 0 aromatic heterocycles. The summed E-state index contributed by atoms with van der Waals surface area (Å²) in [5.74, 6) is 0.224. The molecule has 2 atom stereocenters. The molecule has 188 valence electrons. The lowest BCUT2D eigenvalue weighted by Crippen LogP contribution is -2.29. The number of esters is 1. The lowest BCUT2D eigenvalue weighted by Gasteiger charge is -2.38. The number of benzene rings is 1. The Labute approximate surface area is 216 Å². The Bertz CT molecular complexity index is 1200. The fourth-order valence-electron chi connectivity index (χ4n) is 5.68. The maximum atomic E-state index is 13.1. The van der Waals surface area contributed by atoms with Gasteiger partial charge < -0.3 is 9.64 Å². The SMILES string of the molecule is C=CCOC(=O)c1ccccc1C1=C2C=CC(=[N+](CC)CC)C=C2CC2C=C(N(CC)CC)C=CC12. The van der Waals surface area contributed by atoms with Crippen LogP contribution in [0.1, 0.15) is 50.0 Å². The summed E-state index contributed by atoms with van der Waals surface area (Å²) in [5, 5.41) is 0. The van der Waals surface area contributed by atoms with Gasteiger partial charge in [-0.15, -0.1) is 0 Å². The molecule has 3 aliphatic carbocycles. The van der Waals surface area contributed by atoms with Gasteiger partial charge in [-0.2, -0.15) is 0 Å². The number of likely N-dealkylation sites (N-methyl/N-ethyl adjacent to an activating group) is 1. The highest BCUT2D eigenvalue weighted by Crippen LogP contribution is 2.48. The zero-order valence-electron chi connectivity index (χ0n) is 22.2. The molecule has 1 aromatic rings. The van der Waals surface area contributed by atoms with E-state index >= 15 is 0 Å². The highest BCUT2D eigenvalue weighted by atomic mass is 16.5. The van der Waals surface area contributed by atoms with Crippen LogP contribution in [0.3, 0.4) is 0 Å². The summed E-state index contributed by atoms with van der Waals surface area (Å²) in [6.07, 6.45) is 16.5. The average molecular weight is 484 g/mol. The highest BCUT2D eigenvalue weighted by Gasteiger charge is 2.36. The van der Waals surface area contributed by atoms with E-state index in [1.807, 2.05) is 18.2 Å². The van der Waals surface area contributed by atoms with Gasteiger partial charge in [-0.25, -0.2) is 9.37 Å². The highest BCUT2D eigenvalue weighted by molar-refractivity contribution is 6.05. The zero-order chi connectivity index (χ0) is 25.7. The summed E-state index contributed by atoms with van der Waals surface area (Å²) in [5.41, 5.74) is 7.92. The predicted molar refractivity (Wildman–Crippen MR) is 149 cm³/mol. The largest absolute Gasteiger partial charge is 0.458 e. The minimum atomic E-state index is -0.305. The molecule has 0 fully saturated rings. The second-order valence-corrected chi connectivity index (χ2v) is 9.38. The van der Waals surface area contributed by atoms with Crippen LogP contribution in [0.4, 0.5) is 0 Å². The van der Waals surface area contributed by atoms with Gasteiger partial charge in [-0.3, -0.25) is 0 Å². The van der Waals surface area contributed by atoms with Gasteiger partial charge in [-0.1, -0.05) is 43.0 Å². The molecule has 0 radical (unpaired) electrons. The molecule has 0 amide bonds. The van der Waals surface area contributed by atoms with Gasteiger partial charge in [0.15, 0.2) is 5.71 Å². The van der Waals surface area contributed by atoms with Crippen LogP contribution in [0.5, 0.6) is 0 Å². The summed E-state index contributed by atoms with van der Waals surface area (Å²) in [7, 11) is 0. The summed E-state index contributed by atoms with van der Waals surface area (Å²) in [6.45, 7) is 16.6. The van der Waals surface area contributed by atoms with E-state index in [1.165, 1.54) is 28.1 Å². The summed E-state index contributed by atoms with van der Waals surface area (Å²) >= 11 is 0. The summed E-state index contributed by atoms with van der Waals surface area (Å²) in [4.78, 5) is 15.5. The molecule has 0 saturated carbocycles. The van der Waals surface area contributed by atoms with Crippen molar-refractivity contribution in [3.05, 3.63) is 101 Å². The first-order chi connectivity index (χ1) is 17.6. The minimum absolute atomic E-state index is 0.199. The molecule has 36 heavy (non-hydrogen) atoms. The van der Waals surface area contributed by atoms with Crippen LogP contribution < -0.4 is 0 Å². The third-order valence-corrected chi connectivity index (χ3v) is 7.51. The molecular weight excluding hydrogens is 444 g/mol. The Hall–Kier alpha value is -3.40. The molecule has 0 N–H and O–H groups in total. The van der Waals surface area contributed by atoms with Crippen molar-refractivity contribution < 1.29 is 14.1 Å². The third-order valence-electron chi connectivity index (χ3n) is 7.51. The number of hydrogen-bond donors (Lipinski definition) is 0. The van der Waals surface area contributed by atoms with Gasteiger partial charge in [0.2, 0.25) is 0 Å². The van der Waals surface area contributed by atoms with Crippen LogP contribution in [-0.4, -0.2) is 53.9 Å². The molecule has 1 aromatic carbocycles. The Morgan fingerprint density at radius 2 is 1.86 bits per heavy atom. The summed E-state index contributed by atoms with van der Waals surface area (Å²) in [6, 6.07) is 7.88. The Balaban J connectivity index is 1.89. The smallest absolute Gasteiger partial charge is 0.339 e. The Morgan fingerprint density at radius 3 is 2.56 bits per heavy atom. The lowest BCUT2D eigenvalue weighted by molar-refractivity contribution is -0.519. The maximum absolute atomic E-state index is 13.1. The number of carbonyl (C=O) groups excluding carboxylic acids is 1. The molecule has 0 heterocycles. The van der Waals surface area contributed by atoms with Gasteiger partial charge in [0.1, 0.15) is 19.7 Å². The minimum Gasteiger partial charge on any atom is -0.458 e. The third kappa shape index (κ3) is 4.95. The van der Waals surface area contributed by atoms with Crippen molar-refractivity contribution >= 4 is 17.3 Å². The van der Waals surface area contributed by atoms with Crippen molar-refractivity contribution in [2.24, 2.45) is 11.8 Å². The van der Waals surface area contributed by atoms with E-state index < -0.39 is 0 Å². The van der Waals surface area contributed by atoms with Gasteiger partial charge in [0.25, 0.3) is 0 Å². The van der Waals surface area contributed by atoms with Gasteiger partial charge in [-0.05, 0) is 80.5 Å². The quantitative estimate of drug-likeness (QED) is 0.238. The number of allylic oxidation sites excluding steroid dienone is 9. The van der Waals surface area contributed by atoms with E-state index in [4.69, 9.17) is 4.74 Å². The van der Waals surface area contributed by atoms with Crippen LogP contribution in [0.2, 0.25) is 0 Å². The first-order valence-electron chi connectivity index (χ1n) is 13.3. The molecule has 2 unspecified atom stereocenters. The van der Waals surface area contributed by atoms with E-state index in [2.05, 4.69) is 86.3 Å². The molecule has 4 heteroatoms. The van der Waals surface area contributed by atoms with Gasteiger partial charge >= 0.3 is 5.97 Å². The number of carbonyl (C=O) groups is 1. The van der Waals surface area contributed by atoms with Gasteiger partial charge in [0.05, 0.1) is 5.56 Å². The molecule has 0 spiro atoms. The summed E-state index contributed by atoms with van der Waals surface area (Å²) < 4.78 is 7.87. The number of ether oxygens (including phenoxy) is 1. The van der Waals surface area contributed by atoms with Crippen LogP contribution in [0.25, 0.3) is 5.57 Å². The zero-order valence-corrected chi connectivity index (χ0v) is 22.2. The van der Waals surface area contributed by atoms with E-state index in [1.54, 1.807) is 6.08 Å². The normalized spacial score (nSPS) is 20.3. The second-order valence-electron chi connectivity index (χ2n) is 9.38. The number of nitrogens with zero attached hydrogens (tertiary/aromatic N) is 2. The van der Waals surface area contributed by atoms with Crippen LogP contribution in [-0.2, 0) is 4.74 Å². The molecule has 0 saturated heterocycles.